The van der Waals surface area contributed by atoms with E-state index < -0.39 is 17.8 Å². The van der Waals surface area contributed by atoms with Gasteiger partial charge in [-0.15, -0.1) is 11.3 Å². The van der Waals surface area contributed by atoms with Crippen molar-refractivity contribution < 1.29 is 14.0 Å². The van der Waals surface area contributed by atoms with Crippen molar-refractivity contribution in [1.29, 1.82) is 0 Å². The van der Waals surface area contributed by atoms with Crippen LogP contribution in [0.2, 0.25) is 4.34 Å². The number of halogens is 2. The minimum Gasteiger partial charge on any atom is -0.347 e. The van der Waals surface area contributed by atoms with Crippen molar-refractivity contribution in [2.45, 2.75) is 18.5 Å². The van der Waals surface area contributed by atoms with Crippen LogP contribution in [0, 0.1) is 5.82 Å². The van der Waals surface area contributed by atoms with Crippen molar-refractivity contribution in [2.24, 2.45) is 0 Å². The molecule has 1 aliphatic heterocycles. The van der Waals surface area contributed by atoms with Crippen LogP contribution in [0.5, 0.6) is 0 Å². The molecule has 10 heteroatoms. The van der Waals surface area contributed by atoms with Gasteiger partial charge < -0.3 is 16.0 Å². The van der Waals surface area contributed by atoms with Gasteiger partial charge in [-0.05, 0) is 36.8 Å². The molecule has 160 valence electrons. The Kier molecular flexibility index (Phi) is 6.17. The van der Waals surface area contributed by atoms with E-state index in [4.69, 9.17) is 11.6 Å². The van der Waals surface area contributed by atoms with Gasteiger partial charge in [0.05, 0.1) is 26.6 Å². The van der Waals surface area contributed by atoms with Crippen molar-refractivity contribution in [2.75, 3.05) is 11.9 Å². The fourth-order valence-electron chi connectivity index (χ4n) is 3.35. The number of anilines is 1. The Hall–Kier alpha value is -3.01. The molecule has 1 aliphatic rings. The number of pyridine rings is 1. The molecule has 0 saturated carbocycles. The van der Waals surface area contributed by atoms with Crippen LogP contribution in [0.25, 0.3) is 5.69 Å². The fraction of sp³-hybridized carbons (Fsp3) is 0.190. The predicted molar refractivity (Wildman–Crippen MR) is 118 cm³/mol. The molecule has 3 heterocycles. The fourth-order valence-corrected chi connectivity index (χ4v) is 4.30. The summed E-state index contributed by atoms with van der Waals surface area (Å²) in [5.41, 5.74) is 0.0866. The smallest absolute Gasteiger partial charge is 0.261 e. The van der Waals surface area contributed by atoms with Crippen molar-refractivity contribution in [1.82, 2.24) is 15.2 Å². The lowest BCUT2D eigenvalue weighted by Gasteiger charge is -2.14. The molecule has 7 nitrogen and oxygen atoms in total. The summed E-state index contributed by atoms with van der Waals surface area (Å²) in [6, 6.07) is 11.3. The minimum atomic E-state index is -0.654. The van der Waals surface area contributed by atoms with Crippen LogP contribution in [0.4, 0.5) is 10.1 Å². The molecule has 0 radical (unpaired) electrons. The molecule has 2 aromatic heterocycles. The zero-order valence-corrected chi connectivity index (χ0v) is 17.7. The van der Waals surface area contributed by atoms with Crippen molar-refractivity contribution in [3.05, 3.63) is 80.1 Å². The molecule has 31 heavy (non-hydrogen) atoms. The van der Waals surface area contributed by atoms with E-state index >= 15 is 0 Å². The van der Waals surface area contributed by atoms with Crippen LogP contribution in [0.3, 0.4) is 0 Å². The van der Waals surface area contributed by atoms with Gasteiger partial charge in [0.1, 0.15) is 5.82 Å². The van der Waals surface area contributed by atoms with E-state index in [9.17, 15) is 18.8 Å². The maximum atomic E-state index is 14.5. The Morgan fingerprint density at radius 2 is 2.03 bits per heavy atom. The molecular formula is C21H18ClFN4O3S. The lowest BCUT2D eigenvalue weighted by Crippen LogP contribution is -2.35. The van der Waals surface area contributed by atoms with E-state index in [-0.39, 0.29) is 23.2 Å². The van der Waals surface area contributed by atoms with E-state index in [2.05, 4.69) is 16.0 Å². The predicted octanol–water partition coefficient (Wildman–Crippen LogP) is 2.79. The minimum absolute atomic E-state index is 0.0141. The molecule has 2 atom stereocenters. The van der Waals surface area contributed by atoms with Gasteiger partial charge in [0.25, 0.3) is 11.5 Å². The number of benzene rings is 1. The molecule has 1 fully saturated rings. The molecule has 3 N–H and O–H groups in total. The highest BCUT2D eigenvalue weighted by molar-refractivity contribution is 7.18. The summed E-state index contributed by atoms with van der Waals surface area (Å²) in [7, 11) is 0. The first-order valence-corrected chi connectivity index (χ1v) is 10.7. The molecule has 3 aromatic rings. The summed E-state index contributed by atoms with van der Waals surface area (Å²) in [6.07, 6.45) is 1.91. The third-order valence-corrected chi connectivity index (χ3v) is 6.12. The lowest BCUT2D eigenvalue weighted by atomic mass is 10.1. The van der Waals surface area contributed by atoms with Gasteiger partial charge >= 0.3 is 0 Å². The number of amides is 2. The molecular weight excluding hydrogens is 443 g/mol. The van der Waals surface area contributed by atoms with Crippen LogP contribution < -0.4 is 21.5 Å². The Morgan fingerprint density at radius 3 is 2.74 bits per heavy atom. The quantitative estimate of drug-likeness (QED) is 0.546. The third-order valence-electron chi connectivity index (χ3n) is 4.89. The summed E-state index contributed by atoms with van der Waals surface area (Å²) in [6.45, 7) is 0.418. The second kappa shape index (κ2) is 9.01. The topological polar surface area (TPSA) is 92.2 Å². The molecule has 0 spiro atoms. The van der Waals surface area contributed by atoms with E-state index in [1.54, 1.807) is 30.3 Å². The maximum Gasteiger partial charge on any atom is 0.261 e. The highest BCUT2D eigenvalue weighted by Gasteiger charge is 2.31. The molecule has 0 bridgehead atoms. The molecule has 2 amide bonds. The van der Waals surface area contributed by atoms with E-state index in [1.165, 1.54) is 40.3 Å². The molecule has 4 rings (SSSR count). The SMILES string of the molecule is O=C(NC1CN[C@H](C(=O)Nc2ccc(-n3ccccc3=O)cc2F)C1)c1ccc(Cl)s1. The van der Waals surface area contributed by atoms with Crippen LogP contribution in [-0.4, -0.2) is 35.0 Å². The number of carbonyl (C=O) groups excluding carboxylic acids is 2. The number of rotatable bonds is 5. The van der Waals surface area contributed by atoms with Gasteiger partial charge in [0.15, 0.2) is 0 Å². The first kappa shape index (κ1) is 21.2. The molecule has 0 aliphatic carbocycles. The van der Waals surface area contributed by atoms with Gasteiger partial charge in [-0.25, -0.2) is 4.39 Å². The van der Waals surface area contributed by atoms with Gasteiger partial charge in [0.2, 0.25) is 5.91 Å². The summed E-state index contributed by atoms with van der Waals surface area (Å²) in [4.78, 5) is 37.2. The van der Waals surface area contributed by atoms with Gasteiger partial charge in [0, 0.05) is 30.9 Å². The Balaban J connectivity index is 1.37. The van der Waals surface area contributed by atoms with E-state index in [0.717, 1.165) is 0 Å². The second-order valence-electron chi connectivity index (χ2n) is 7.03. The zero-order valence-electron chi connectivity index (χ0n) is 16.1. The molecule has 1 saturated heterocycles. The monoisotopic (exact) mass is 460 g/mol. The highest BCUT2D eigenvalue weighted by Crippen LogP contribution is 2.22. The lowest BCUT2D eigenvalue weighted by molar-refractivity contribution is -0.117. The van der Waals surface area contributed by atoms with Gasteiger partial charge in [-0.1, -0.05) is 17.7 Å². The summed E-state index contributed by atoms with van der Waals surface area (Å²) >= 11 is 7.03. The largest absolute Gasteiger partial charge is 0.347 e. The molecule has 1 unspecified atom stereocenters. The average molecular weight is 461 g/mol. The standard InChI is InChI=1S/C21H18ClFN4O3S/c22-18-7-6-17(31-18)21(30)25-12-9-16(24-11-12)20(29)26-15-5-4-13(10-14(15)23)27-8-2-1-3-19(27)28/h1-8,10,12,16,24H,9,11H2,(H,25,30)(H,26,29)/t12?,16-/m0/s1. The van der Waals surface area contributed by atoms with Crippen LogP contribution in [-0.2, 0) is 4.79 Å². The van der Waals surface area contributed by atoms with Crippen molar-refractivity contribution >= 4 is 40.4 Å². The number of nitrogens with one attached hydrogen (secondary N) is 3. The Bertz CT molecular complexity index is 1200. The first-order valence-electron chi connectivity index (χ1n) is 9.49. The summed E-state index contributed by atoms with van der Waals surface area (Å²) in [5, 5.41) is 8.46. The Labute approximate surface area is 185 Å². The average Bonchev–Trinajstić information content (AvgIpc) is 3.39. The first-order chi connectivity index (χ1) is 14.9. The van der Waals surface area contributed by atoms with Crippen LogP contribution in [0.1, 0.15) is 16.1 Å². The number of carbonyl (C=O) groups is 2. The molecule has 1 aromatic carbocycles. The number of hydrogen-bond acceptors (Lipinski definition) is 5. The normalized spacial score (nSPS) is 18.0. The van der Waals surface area contributed by atoms with Gasteiger partial charge in [-0.3, -0.25) is 19.0 Å². The number of thiophene rings is 1. The number of nitrogens with zero attached hydrogens (tertiary/aromatic N) is 1. The number of hydrogen-bond donors (Lipinski definition) is 3. The Morgan fingerprint density at radius 1 is 1.19 bits per heavy atom. The maximum absolute atomic E-state index is 14.5. The van der Waals surface area contributed by atoms with E-state index in [1.807, 2.05) is 0 Å². The van der Waals surface area contributed by atoms with E-state index in [0.29, 0.717) is 27.9 Å². The highest BCUT2D eigenvalue weighted by atomic mass is 35.5. The number of aromatic nitrogens is 1. The second-order valence-corrected chi connectivity index (χ2v) is 8.75. The third kappa shape index (κ3) is 4.84. The summed E-state index contributed by atoms with van der Waals surface area (Å²) in [5.74, 6) is -1.30. The zero-order chi connectivity index (χ0) is 22.0. The van der Waals surface area contributed by atoms with Gasteiger partial charge in [-0.2, -0.15) is 0 Å². The van der Waals surface area contributed by atoms with Crippen LogP contribution in [0.15, 0.2) is 59.5 Å². The van der Waals surface area contributed by atoms with Crippen molar-refractivity contribution in [3.63, 3.8) is 0 Å². The van der Waals surface area contributed by atoms with Crippen LogP contribution >= 0.6 is 22.9 Å². The summed E-state index contributed by atoms with van der Waals surface area (Å²) < 4.78 is 16.4. The van der Waals surface area contributed by atoms with Crippen molar-refractivity contribution in [3.8, 4) is 5.69 Å².